The molecule has 108 valence electrons. The summed E-state index contributed by atoms with van der Waals surface area (Å²) in [5.74, 6) is 0.00614. The van der Waals surface area contributed by atoms with Crippen molar-refractivity contribution in [1.82, 2.24) is 15.1 Å². The molecule has 2 aromatic rings. The molecule has 2 aromatic heterocycles. The molecule has 1 aliphatic heterocycles. The Morgan fingerprint density at radius 3 is 3.00 bits per heavy atom. The van der Waals surface area contributed by atoms with Gasteiger partial charge in [-0.25, -0.2) is 0 Å². The molecule has 3 heterocycles. The second-order valence-corrected chi connectivity index (χ2v) is 6.09. The van der Waals surface area contributed by atoms with Gasteiger partial charge < -0.3 is 10.1 Å². The summed E-state index contributed by atoms with van der Waals surface area (Å²) in [6.07, 6.45) is 1.98. The molecule has 0 aromatic carbocycles. The fourth-order valence-corrected chi connectivity index (χ4v) is 3.76. The Morgan fingerprint density at radius 1 is 1.55 bits per heavy atom. The van der Waals surface area contributed by atoms with Crippen LogP contribution in [0.4, 0.5) is 0 Å². The van der Waals surface area contributed by atoms with Crippen LogP contribution >= 0.6 is 11.3 Å². The first-order valence-corrected chi connectivity index (χ1v) is 7.87. The molecular formula is C14H19N3O2S. The van der Waals surface area contributed by atoms with E-state index in [1.807, 2.05) is 19.9 Å². The van der Waals surface area contributed by atoms with Crippen LogP contribution in [-0.2, 0) is 4.74 Å². The first-order valence-electron chi connectivity index (χ1n) is 7.05. The van der Waals surface area contributed by atoms with Gasteiger partial charge in [0, 0.05) is 25.1 Å². The summed E-state index contributed by atoms with van der Waals surface area (Å²) in [5, 5.41) is 8.61. The molecule has 0 spiro atoms. The lowest BCUT2D eigenvalue weighted by Gasteiger charge is -2.22. The number of nitrogens with zero attached hydrogens (tertiary/aromatic N) is 2. The fourth-order valence-electron chi connectivity index (χ4n) is 2.61. The van der Waals surface area contributed by atoms with E-state index >= 15 is 0 Å². The van der Waals surface area contributed by atoms with Gasteiger partial charge in [0.25, 0.3) is 5.91 Å². The molecule has 1 aliphatic rings. The van der Waals surface area contributed by atoms with Gasteiger partial charge in [0.05, 0.1) is 16.6 Å². The van der Waals surface area contributed by atoms with Crippen molar-refractivity contribution in [2.75, 3.05) is 19.8 Å². The van der Waals surface area contributed by atoms with Crippen LogP contribution in [0.3, 0.4) is 0 Å². The first kappa shape index (κ1) is 13.6. The number of aromatic nitrogens is 2. The SMILES string of the molecule is CCNC(=O)c1cc2c(C)nn(C3CCOCC3)c2s1. The van der Waals surface area contributed by atoms with Gasteiger partial charge in [0.2, 0.25) is 0 Å². The zero-order valence-electron chi connectivity index (χ0n) is 11.8. The van der Waals surface area contributed by atoms with Crippen LogP contribution in [-0.4, -0.2) is 35.4 Å². The van der Waals surface area contributed by atoms with Crippen molar-refractivity contribution in [3.63, 3.8) is 0 Å². The maximum Gasteiger partial charge on any atom is 0.261 e. The Bertz CT molecular complexity index is 626. The van der Waals surface area contributed by atoms with Gasteiger partial charge in [-0.15, -0.1) is 11.3 Å². The molecule has 3 rings (SSSR count). The van der Waals surface area contributed by atoms with Gasteiger partial charge in [-0.3, -0.25) is 9.48 Å². The minimum Gasteiger partial charge on any atom is -0.381 e. The number of ether oxygens (including phenoxy) is 1. The van der Waals surface area contributed by atoms with Gasteiger partial charge >= 0.3 is 0 Å². The molecule has 20 heavy (non-hydrogen) atoms. The number of amides is 1. The van der Waals surface area contributed by atoms with Gasteiger partial charge in [-0.2, -0.15) is 5.10 Å². The molecule has 1 N–H and O–H groups in total. The van der Waals surface area contributed by atoms with Crippen LogP contribution < -0.4 is 5.32 Å². The van der Waals surface area contributed by atoms with E-state index in [-0.39, 0.29) is 5.91 Å². The van der Waals surface area contributed by atoms with Crippen molar-refractivity contribution >= 4 is 27.5 Å². The summed E-state index contributed by atoms with van der Waals surface area (Å²) >= 11 is 1.53. The van der Waals surface area contributed by atoms with Crippen molar-refractivity contribution < 1.29 is 9.53 Å². The quantitative estimate of drug-likeness (QED) is 0.946. The summed E-state index contributed by atoms with van der Waals surface area (Å²) in [6.45, 7) is 6.17. The van der Waals surface area contributed by atoms with Gasteiger partial charge in [0.15, 0.2) is 0 Å². The highest BCUT2D eigenvalue weighted by molar-refractivity contribution is 7.20. The Balaban J connectivity index is 1.98. The molecular weight excluding hydrogens is 274 g/mol. The summed E-state index contributed by atoms with van der Waals surface area (Å²) in [4.78, 5) is 13.8. The number of carbonyl (C=O) groups is 1. The molecule has 0 saturated carbocycles. The van der Waals surface area contributed by atoms with E-state index in [9.17, 15) is 4.79 Å². The van der Waals surface area contributed by atoms with Crippen molar-refractivity contribution in [2.45, 2.75) is 32.7 Å². The van der Waals surface area contributed by atoms with Gasteiger partial charge in [-0.1, -0.05) is 0 Å². The van der Waals surface area contributed by atoms with Crippen molar-refractivity contribution in [1.29, 1.82) is 0 Å². The third kappa shape index (κ3) is 2.33. The maximum absolute atomic E-state index is 12.0. The van der Waals surface area contributed by atoms with Crippen LogP contribution in [0.2, 0.25) is 0 Å². The highest BCUT2D eigenvalue weighted by atomic mass is 32.1. The molecule has 0 aliphatic carbocycles. The zero-order chi connectivity index (χ0) is 14.1. The second-order valence-electron chi connectivity index (χ2n) is 5.06. The Hall–Kier alpha value is -1.40. The summed E-state index contributed by atoms with van der Waals surface area (Å²) in [7, 11) is 0. The average Bonchev–Trinajstić information content (AvgIpc) is 3.01. The first-order chi connectivity index (χ1) is 9.70. The number of carbonyl (C=O) groups excluding carboxylic acids is 1. The maximum atomic E-state index is 12.0. The monoisotopic (exact) mass is 293 g/mol. The molecule has 1 amide bonds. The van der Waals surface area contributed by atoms with Crippen LogP contribution in [0.25, 0.3) is 10.2 Å². The molecule has 0 atom stereocenters. The molecule has 0 radical (unpaired) electrons. The van der Waals surface area contributed by atoms with E-state index < -0.39 is 0 Å². The predicted octanol–water partition coefficient (Wildman–Crippen LogP) is 2.51. The van der Waals surface area contributed by atoms with Crippen LogP contribution in [0, 0.1) is 6.92 Å². The van der Waals surface area contributed by atoms with E-state index in [1.165, 1.54) is 11.3 Å². The number of fused-ring (bicyclic) bond motifs is 1. The van der Waals surface area contributed by atoms with Crippen molar-refractivity contribution in [2.24, 2.45) is 0 Å². The molecule has 6 heteroatoms. The number of rotatable bonds is 3. The topological polar surface area (TPSA) is 56.2 Å². The minimum atomic E-state index is 0.00614. The smallest absolute Gasteiger partial charge is 0.261 e. The van der Waals surface area contributed by atoms with E-state index in [4.69, 9.17) is 4.74 Å². The molecule has 1 saturated heterocycles. The minimum absolute atomic E-state index is 0.00614. The number of hydrogen-bond acceptors (Lipinski definition) is 4. The standard InChI is InChI=1S/C14H19N3O2S/c1-3-15-13(18)12-8-11-9(2)16-17(14(11)20-12)10-4-6-19-7-5-10/h8,10H,3-7H2,1-2H3,(H,15,18). The lowest BCUT2D eigenvalue weighted by molar-refractivity contribution is 0.0675. The highest BCUT2D eigenvalue weighted by Gasteiger charge is 2.22. The molecule has 5 nitrogen and oxygen atoms in total. The Kier molecular flexibility index (Phi) is 3.76. The molecule has 0 unspecified atom stereocenters. The Morgan fingerprint density at radius 2 is 2.30 bits per heavy atom. The van der Waals surface area contributed by atoms with Crippen LogP contribution in [0.15, 0.2) is 6.07 Å². The van der Waals surface area contributed by atoms with Crippen LogP contribution in [0.1, 0.15) is 41.2 Å². The summed E-state index contributed by atoms with van der Waals surface area (Å²) < 4.78 is 7.51. The van der Waals surface area contributed by atoms with E-state index in [0.29, 0.717) is 12.6 Å². The number of thiophene rings is 1. The van der Waals surface area contributed by atoms with Crippen LogP contribution in [0.5, 0.6) is 0 Å². The fraction of sp³-hybridized carbons (Fsp3) is 0.571. The zero-order valence-corrected chi connectivity index (χ0v) is 12.6. The summed E-state index contributed by atoms with van der Waals surface area (Å²) in [5.41, 5.74) is 0.998. The van der Waals surface area contributed by atoms with E-state index in [2.05, 4.69) is 15.1 Å². The second kappa shape index (κ2) is 5.54. The van der Waals surface area contributed by atoms with Gasteiger partial charge in [-0.05, 0) is 32.8 Å². The largest absolute Gasteiger partial charge is 0.381 e. The third-order valence-electron chi connectivity index (χ3n) is 3.67. The summed E-state index contributed by atoms with van der Waals surface area (Å²) in [6, 6.07) is 2.35. The number of nitrogens with one attached hydrogen (secondary N) is 1. The normalized spacial score (nSPS) is 16.7. The predicted molar refractivity (Wildman–Crippen MR) is 79.4 cm³/mol. The van der Waals surface area contributed by atoms with E-state index in [0.717, 1.165) is 46.8 Å². The van der Waals surface area contributed by atoms with Gasteiger partial charge in [0.1, 0.15) is 4.83 Å². The lowest BCUT2D eigenvalue weighted by atomic mass is 10.1. The van der Waals surface area contributed by atoms with Crippen molar-refractivity contribution in [3.8, 4) is 0 Å². The lowest BCUT2D eigenvalue weighted by Crippen LogP contribution is -2.21. The average molecular weight is 293 g/mol. The molecule has 1 fully saturated rings. The number of aryl methyl sites for hydroxylation is 1. The number of hydrogen-bond donors (Lipinski definition) is 1. The van der Waals surface area contributed by atoms with Crippen molar-refractivity contribution in [3.05, 3.63) is 16.6 Å². The third-order valence-corrected chi connectivity index (χ3v) is 4.79. The highest BCUT2D eigenvalue weighted by Crippen LogP contribution is 2.33. The van der Waals surface area contributed by atoms with E-state index in [1.54, 1.807) is 0 Å². The molecule has 0 bridgehead atoms. The Labute approximate surface area is 121 Å².